The minimum atomic E-state index is -0.762. The van der Waals surface area contributed by atoms with Crippen molar-refractivity contribution in [3.8, 4) is 0 Å². The third kappa shape index (κ3) is 53.6. The van der Waals surface area contributed by atoms with Crippen LogP contribution in [0.4, 0.5) is 0 Å². The van der Waals surface area contributed by atoms with E-state index in [9.17, 15) is 14.4 Å². The second-order valence-corrected chi connectivity index (χ2v) is 21.2. The van der Waals surface area contributed by atoms with Crippen molar-refractivity contribution in [2.75, 3.05) is 13.2 Å². The lowest BCUT2D eigenvalue weighted by molar-refractivity contribution is -0.167. The maximum absolute atomic E-state index is 12.8. The lowest BCUT2D eigenvalue weighted by Gasteiger charge is -2.18. The average molecular weight is 948 g/mol. The molecule has 1 unspecified atom stereocenters. The quantitative estimate of drug-likeness (QED) is 0.0343. The summed E-state index contributed by atoms with van der Waals surface area (Å²) in [5.74, 6) is 0.0641. The van der Waals surface area contributed by atoms with Gasteiger partial charge in [-0.05, 0) is 25.2 Å². The molecule has 0 bridgehead atoms. The molecule has 0 aliphatic carbocycles. The van der Waals surface area contributed by atoms with Crippen molar-refractivity contribution in [1.29, 1.82) is 0 Å². The summed E-state index contributed by atoms with van der Waals surface area (Å²) in [6, 6.07) is 0. The second kappa shape index (κ2) is 55.3. The van der Waals surface area contributed by atoms with Gasteiger partial charge in [0.2, 0.25) is 0 Å². The fraction of sp³-hybridized carbons (Fsp3) is 0.951. The average Bonchev–Trinajstić information content (AvgIpc) is 3.33. The van der Waals surface area contributed by atoms with E-state index < -0.39 is 6.10 Å². The van der Waals surface area contributed by atoms with E-state index >= 15 is 0 Å². The molecule has 0 fully saturated rings. The van der Waals surface area contributed by atoms with Gasteiger partial charge in [-0.1, -0.05) is 310 Å². The van der Waals surface area contributed by atoms with Crippen LogP contribution in [-0.4, -0.2) is 37.2 Å². The maximum Gasteiger partial charge on any atom is 0.306 e. The number of hydrogen-bond acceptors (Lipinski definition) is 6. The van der Waals surface area contributed by atoms with Crippen molar-refractivity contribution < 1.29 is 28.6 Å². The molecule has 6 heteroatoms. The predicted octanol–water partition coefficient (Wildman–Crippen LogP) is 20.2. The summed E-state index contributed by atoms with van der Waals surface area (Å²) in [6.45, 7) is 9.11. The first-order chi connectivity index (χ1) is 32.9. The minimum Gasteiger partial charge on any atom is -0.462 e. The van der Waals surface area contributed by atoms with Gasteiger partial charge in [-0.25, -0.2) is 0 Å². The van der Waals surface area contributed by atoms with E-state index in [-0.39, 0.29) is 31.1 Å². The smallest absolute Gasteiger partial charge is 0.306 e. The third-order valence-corrected chi connectivity index (χ3v) is 14.4. The molecule has 0 aromatic carbocycles. The Morgan fingerprint density at radius 3 is 0.776 bits per heavy atom. The second-order valence-electron chi connectivity index (χ2n) is 21.2. The summed E-state index contributed by atoms with van der Waals surface area (Å²) in [6.07, 6.45) is 60.9. The molecule has 0 aromatic heterocycles. The van der Waals surface area contributed by atoms with E-state index in [1.807, 2.05) is 0 Å². The highest BCUT2D eigenvalue weighted by Crippen LogP contribution is 2.19. The Morgan fingerprint density at radius 2 is 0.522 bits per heavy atom. The molecule has 6 nitrogen and oxygen atoms in total. The Bertz CT molecular complexity index is 1010. The van der Waals surface area contributed by atoms with Gasteiger partial charge in [0.05, 0.1) is 0 Å². The van der Waals surface area contributed by atoms with E-state index in [2.05, 4.69) is 27.7 Å². The largest absolute Gasteiger partial charge is 0.462 e. The number of carbonyl (C=O) groups is 3. The van der Waals surface area contributed by atoms with E-state index in [0.29, 0.717) is 19.3 Å². The first-order valence-corrected chi connectivity index (χ1v) is 30.4. The zero-order valence-corrected chi connectivity index (χ0v) is 45.9. The molecule has 0 amide bonds. The Balaban J connectivity index is 4.26. The van der Waals surface area contributed by atoms with Crippen molar-refractivity contribution in [3.63, 3.8) is 0 Å². The maximum atomic E-state index is 12.8. The normalized spacial score (nSPS) is 12.4. The van der Waals surface area contributed by atoms with E-state index in [4.69, 9.17) is 14.2 Å². The number of ether oxygens (including phenoxy) is 3. The van der Waals surface area contributed by atoms with Gasteiger partial charge in [-0.2, -0.15) is 0 Å². The van der Waals surface area contributed by atoms with Crippen LogP contribution in [0.3, 0.4) is 0 Å². The van der Waals surface area contributed by atoms with Crippen molar-refractivity contribution in [1.82, 2.24) is 0 Å². The Morgan fingerprint density at radius 1 is 0.299 bits per heavy atom. The molecular weight excluding hydrogens is 829 g/mol. The number of carbonyl (C=O) groups excluding carboxylic acids is 3. The molecule has 0 aliphatic heterocycles. The van der Waals surface area contributed by atoms with Gasteiger partial charge in [0, 0.05) is 19.3 Å². The monoisotopic (exact) mass is 947 g/mol. The van der Waals surface area contributed by atoms with Crippen LogP contribution in [0.5, 0.6) is 0 Å². The zero-order chi connectivity index (χ0) is 48.8. The fourth-order valence-corrected chi connectivity index (χ4v) is 9.42. The predicted molar refractivity (Wildman–Crippen MR) is 289 cm³/mol. The molecule has 67 heavy (non-hydrogen) atoms. The molecular formula is C61H118O6. The van der Waals surface area contributed by atoms with Crippen molar-refractivity contribution in [3.05, 3.63) is 0 Å². The van der Waals surface area contributed by atoms with Crippen molar-refractivity contribution in [2.45, 2.75) is 355 Å². The van der Waals surface area contributed by atoms with E-state index in [1.165, 1.54) is 244 Å². The Kier molecular flexibility index (Phi) is 54.0. The van der Waals surface area contributed by atoms with Crippen LogP contribution in [-0.2, 0) is 28.6 Å². The van der Waals surface area contributed by atoms with Crippen LogP contribution in [0.2, 0.25) is 0 Å². The number of hydrogen-bond donors (Lipinski definition) is 0. The zero-order valence-electron chi connectivity index (χ0n) is 45.9. The number of esters is 3. The fourth-order valence-electron chi connectivity index (χ4n) is 9.42. The molecule has 0 aliphatic rings. The highest BCUT2D eigenvalue weighted by Gasteiger charge is 2.19. The first-order valence-electron chi connectivity index (χ1n) is 30.4. The van der Waals surface area contributed by atoms with Gasteiger partial charge >= 0.3 is 17.9 Å². The lowest BCUT2D eigenvalue weighted by Crippen LogP contribution is -2.30. The standard InChI is InChI=1S/C61H118O6/c1-5-8-10-12-14-16-18-20-21-22-23-24-29-32-36-40-44-48-52-59(62)65-55-58(67-61(64)54-50-46-42-38-34-27-19-17-15-13-11-9-6-2)56-66-60(63)53-49-45-41-37-33-30-26-25-28-31-35-39-43-47-51-57(4)7-3/h57-58H,5-56H2,1-4H3/t57?,58-/m1/s1. The molecule has 0 heterocycles. The van der Waals surface area contributed by atoms with E-state index in [1.54, 1.807) is 0 Å². The van der Waals surface area contributed by atoms with Crippen LogP contribution >= 0.6 is 0 Å². The minimum absolute atomic E-state index is 0.0615. The van der Waals surface area contributed by atoms with Gasteiger partial charge in [-0.15, -0.1) is 0 Å². The van der Waals surface area contributed by atoms with Crippen LogP contribution < -0.4 is 0 Å². The Hall–Kier alpha value is -1.59. The molecule has 0 N–H and O–H groups in total. The summed E-state index contributed by atoms with van der Waals surface area (Å²) in [5, 5.41) is 0. The highest BCUT2D eigenvalue weighted by molar-refractivity contribution is 5.71. The summed E-state index contributed by atoms with van der Waals surface area (Å²) in [5.41, 5.74) is 0. The van der Waals surface area contributed by atoms with Gasteiger partial charge in [-0.3, -0.25) is 14.4 Å². The van der Waals surface area contributed by atoms with Gasteiger partial charge in [0.1, 0.15) is 13.2 Å². The van der Waals surface area contributed by atoms with Gasteiger partial charge in [0.25, 0.3) is 0 Å². The molecule has 0 saturated carbocycles. The van der Waals surface area contributed by atoms with Crippen LogP contribution in [0.1, 0.15) is 349 Å². The van der Waals surface area contributed by atoms with Crippen LogP contribution in [0, 0.1) is 5.92 Å². The summed E-state index contributed by atoms with van der Waals surface area (Å²) < 4.78 is 16.9. The number of rotatable bonds is 56. The topological polar surface area (TPSA) is 78.9 Å². The van der Waals surface area contributed by atoms with Crippen molar-refractivity contribution in [2.24, 2.45) is 5.92 Å². The summed E-state index contributed by atoms with van der Waals surface area (Å²) in [4.78, 5) is 38.2. The number of unbranched alkanes of at least 4 members (excludes halogenated alkanes) is 42. The summed E-state index contributed by atoms with van der Waals surface area (Å²) >= 11 is 0. The van der Waals surface area contributed by atoms with Crippen LogP contribution in [0.25, 0.3) is 0 Å². The third-order valence-electron chi connectivity index (χ3n) is 14.4. The highest BCUT2D eigenvalue weighted by atomic mass is 16.6. The van der Waals surface area contributed by atoms with Crippen LogP contribution in [0.15, 0.2) is 0 Å². The summed E-state index contributed by atoms with van der Waals surface area (Å²) in [7, 11) is 0. The molecule has 0 spiro atoms. The first kappa shape index (κ1) is 65.4. The molecule has 0 saturated heterocycles. The molecule has 2 atom stereocenters. The Labute approximate surface area is 418 Å². The molecule has 0 radical (unpaired) electrons. The van der Waals surface area contributed by atoms with Gasteiger partial charge in [0.15, 0.2) is 6.10 Å². The molecule has 0 aromatic rings. The van der Waals surface area contributed by atoms with Gasteiger partial charge < -0.3 is 14.2 Å². The SMILES string of the molecule is CCCCCCCCCCCCCCCCCCCCC(=O)OC[C@H](COC(=O)CCCCCCCCCCCCCCCCC(C)CC)OC(=O)CCCCCCCCCCCCCCC. The molecule has 0 rings (SSSR count). The van der Waals surface area contributed by atoms with E-state index in [0.717, 1.165) is 63.7 Å². The molecule has 398 valence electrons. The lowest BCUT2D eigenvalue weighted by atomic mass is 9.99. The van der Waals surface area contributed by atoms with Crippen molar-refractivity contribution >= 4 is 17.9 Å².